The predicted octanol–water partition coefficient (Wildman–Crippen LogP) is 1.71. The summed E-state index contributed by atoms with van der Waals surface area (Å²) in [5, 5.41) is 9.32. The van der Waals surface area contributed by atoms with E-state index in [9.17, 15) is 19.1 Å². The van der Waals surface area contributed by atoms with Crippen LogP contribution in [0.4, 0.5) is 10.2 Å². The third-order valence-corrected chi connectivity index (χ3v) is 5.23. The van der Waals surface area contributed by atoms with Gasteiger partial charge < -0.3 is 19.5 Å². The topological polar surface area (TPSA) is 78.7 Å². The van der Waals surface area contributed by atoms with E-state index < -0.39 is 17.2 Å². The van der Waals surface area contributed by atoms with Crippen LogP contribution in [0.5, 0.6) is 0 Å². The lowest BCUT2D eigenvalue weighted by Gasteiger charge is -2.35. The van der Waals surface area contributed by atoms with Crippen LogP contribution < -0.4 is 10.3 Å². The van der Waals surface area contributed by atoms with Crippen molar-refractivity contribution in [1.82, 2.24) is 14.5 Å². The molecule has 1 aliphatic heterocycles. The van der Waals surface area contributed by atoms with Crippen LogP contribution in [0.1, 0.15) is 36.2 Å². The van der Waals surface area contributed by atoms with Gasteiger partial charge in [0.1, 0.15) is 11.2 Å². The molecule has 0 aromatic carbocycles. The zero-order valence-corrected chi connectivity index (χ0v) is 14.6. The Labute approximate surface area is 149 Å². The molecule has 1 saturated carbocycles. The summed E-state index contributed by atoms with van der Waals surface area (Å²) >= 11 is 0. The Morgan fingerprint density at radius 2 is 2.00 bits per heavy atom. The highest BCUT2D eigenvalue weighted by Gasteiger charge is 2.29. The molecule has 7 nitrogen and oxygen atoms in total. The third-order valence-electron chi connectivity index (χ3n) is 5.23. The van der Waals surface area contributed by atoms with Crippen LogP contribution in [0.2, 0.25) is 0 Å². The third kappa shape index (κ3) is 2.84. The minimum absolute atomic E-state index is 0.0326. The van der Waals surface area contributed by atoms with E-state index in [-0.39, 0.29) is 22.8 Å². The van der Waals surface area contributed by atoms with Gasteiger partial charge in [0.25, 0.3) is 0 Å². The highest BCUT2D eigenvalue weighted by molar-refractivity contribution is 5.92. The standard InChI is InChI=1S/C18H21FN4O3/c1-2-21-5-7-22(8-6-21)17-14(19)9-12-15(24)13(18(25)26)10-23(11-3-4-11)16(12)20-17/h9-11H,2-8H2,1H3,(H,25,26). The summed E-state index contributed by atoms with van der Waals surface area (Å²) in [7, 11) is 0. The summed E-state index contributed by atoms with van der Waals surface area (Å²) in [5.74, 6) is -1.64. The Bertz CT molecular complexity index is 930. The van der Waals surface area contributed by atoms with E-state index in [1.54, 1.807) is 4.57 Å². The zero-order valence-electron chi connectivity index (χ0n) is 14.6. The minimum atomic E-state index is -1.30. The number of rotatable bonds is 4. The Morgan fingerprint density at radius 3 is 2.58 bits per heavy atom. The van der Waals surface area contributed by atoms with Crippen molar-refractivity contribution in [3.05, 3.63) is 33.9 Å². The van der Waals surface area contributed by atoms with Crippen LogP contribution in [-0.4, -0.2) is 58.3 Å². The van der Waals surface area contributed by atoms with Gasteiger partial charge in [0, 0.05) is 38.4 Å². The number of carboxylic acids is 1. The van der Waals surface area contributed by atoms with Crippen molar-refractivity contribution in [1.29, 1.82) is 0 Å². The number of pyridine rings is 2. The molecule has 0 atom stereocenters. The van der Waals surface area contributed by atoms with Gasteiger partial charge in [-0.05, 0) is 25.5 Å². The molecule has 1 saturated heterocycles. The molecule has 8 heteroatoms. The Balaban J connectivity index is 1.83. The first-order chi connectivity index (χ1) is 12.5. The van der Waals surface area contributed by atoms with Crippen molar-refractivity contribution in [3.63, 3.8) is 0 Å². The molecule has 3 heterocycles. The molecule has 2 fully saturated rings. The molecule has 2 aliphatic rings. The Kier molecular flexibility index (Phi) is 4.14. The summed E-state index contributed by atoms with van der Waals surface area (Å²) in [6.45, 7) is 6.07. The smallest absolute Gasteiger partial charge is 0.341 e. The maximum Gasteiger partial charge on any atom is 0.341 e. The van der Waals surface area contributed by atoms with Crippen molar-refractivity contribution < 1.29 is 14.3 Å². The molecule has 0 unspecified atom stereocenters. The lowest BCUT2D eigenvalue weighted by Crippen LogP contribution is -2.46. The number of halogens is 1. The number of fused-ring (bicyclic) bond motifs is 1. The molecule has 1 aliphatic carbocycles. The summed E-state index contributed by atoms with van der Waals surface area (Å²) < 4.78 is 16.5. The van der Waals surface area contributed by atoms with Gasteiger partial charge in [0.2, 0.25) is 5.43 Å². The van der Waals surface area contributed by atoms with Gasteiger partial charge in [0.15, 0.2) is 11.6 Å². The maximum absolute atomic E-state index is 14.7. The number of nitrogens with zero attached hydrogens (tertiary/aromatic N) is 4. The fraction of sp³-hybridized carbons (Fsp3) is 0.500. The van der Waals surface area contributed by atoms with Crippen LogP contribution in [0, 0.1) is 5.82 Å². The summed E-state index contributed by atoms with van der Waals surface area (Å²) in [4.78, 5) is 32.5. The molecule has 0 bridgehead atoms. The second-order valence-corrected chi connectivity index (χ2v) is 6.90. The van der Waals surface area contributed by atoms with Crippen LogP contribution in [-0.2, 0) is 0 Å². The van der Waals surface area contributed by atoms with Crippen molar-refractivity contribution in [2.75, 3.05) is 37.6 Å². The number of carbonyl (C=O) groups is 1. The number of anilines is 1. The van der Waals surface area contributed by atoms with Crippen molar-refractivity contribution in [2.45, 2.75) is 25.8 Å². The lowest BCUT2D eigenvalue weighted by atomic mass is 10.1. The van der Waals surface area contributed by atoms with Gasteiger partial charge in [-0.2, -0.15) is 0 Å². The monoisotopic (exact) mass is 360 g/mol. The fourth-order valence-electron chi connectivity index (χ4n) is 3.52. The van der Waals surface area contributed by atoms with E-state index in [0.717, 1.165) is 38.5 Å². The molecule has 1 N–H and O–H groups in total. The maximum atomic E-state index is 14.7. The number of carboxylic acid groups (broad SMARTS) is 1. The lowest BCUT2D eigenvalue weighted by molar-refractivity contribution is 0.0695. The van der Waals surface area contributed by atoms with Crippen molar-refractivity contribution in [3.8, 4) is 0 Å². The number of likely N-dealkylation sites (N-methyl/N-ethyl adjacent to an activating group) is 1. The number of aromatic carboxylic acids is 1. The van der Waals surface area contributed by atoms with Crippen LogP contribution in [0.15, 0.2) is 17.1 Å². The van der Waals surface area contributed by atoms with E-state index >= 15 is 0 Å². The van der Waals surface area contributed by atoms with E-state index in [4.69, 9.17) is 0 Å². The summed E-state index contributed by atoms with van der Waals surface area (Å²) in [6.07, 6.45) is 3.16. The largest absolute Gasteiger partial charge is 0.477 e. The highest BCUT2D eigenvalue weighted by Crippen LogP contribution is 2.37. The molecular formula is C18H21FN4O3. The second kappa shape index (κ2) is 6.35. The van der Waals surface area contributed by atoms with Gasteiger partial charge in [0.05, 0.1) is 5.39 Å². The summed E-state index contributed by atoms with van der Waals surface area (Å²) in [5.41, 5.74) is -0.648. The van der Waals surface area contributed by atoms with Crippen molar-refractivity contribution >= 4 is 22.8 Å². The first kappa shape index (κ1) is 17.0. The minimum Gasteiger partial charge on any atom is -0.477 e. The molecule has 2 aromatic rings. The summed E-state index contributed by atoms with van der Waals surface area (Å²) in [6, 6.07) is 1.27. The first-order valence-corrected chi connectivity index (χ1v) is 8.95. The average Bonchev–Trinajstić information content (AvgIpc) is 3.47. The van der Waals surface area contributed by atoms with Gasteiger partial charge in [-0.25, -0.2) is 14.2 Å². The van der Waals surface area contributed by atoms with Gasteiger partial charge in [-0.3, -0.25) is 4.79 Å². The van der Waals surface area contributed by atoms with Crippen molar-refractivity contribution in [2.24, 2.45) is 0 Å². The molecule has 138 valence electrons. The van der Waals surface area contributed by atoms with E-state index in [2.05, 4.69) is 16.8 Å². The van der Waals surface area contributed by atoms with Crippen LogP contribution in [0.3, 0.4) is 0 Å². The van der Waals surface area contributed by atoms with E-state index in [1.165, 1.54) is 6.20 Å². The molecule has 0 spiro atoms. The molecule has 26 heavy (non-hydrogen) atoms. The highest BCUT2D eigenvalue weighted by atomic mass is 19.1. The first-order valence-electron chi connectivity index (χ1n) is 8.95. The molecular weight excluding hydrogens is 339 g/mol. The normalized spacial score (nSPS) is 18.5. The fourth-order valence-corrected chi connectivity index (χ4v) is 3.52. The molecule has 0 radical (unpaired) electrons. The van der Waals surface area contributed by atoms with Gasteiger partial charge in [-0.15, -0.1) is 0 Å². The molecule has 4 rings (SSSR count). The SMILES string of the molecule is CCN1CCN(c2nc3c(cc2F)c(=O)c(C(=O)O)cn3C2CC2)CC1. The number of hydrogen-bond acceptors (Lipinski definition) is 5. The van der Waals surface area contributed by atoms with Gasteiger partial charge in [-0.1, -0.05) is 6.92 Å². The zero-order chi connectivity index (χ0) is 18.4. The van der Waals surface area contributed by atoms with Crippen LogP contribution >= 0.6 is 0 Å². The second-order valence-electron chi connectivity index (χ2n) is 6.90. The average molecular weight is 360 g/mol. The van der Waals surface area contributed by atoms with Crippen LogP contribution in [0.25, 0.3) is 11.0 Å². The molecule has 2 aromatic heterocycles. The molecule has 0 amide bonds. The van der Waals surface area contributed by atoms with Gasteiger partial charge >= 0.3 is 5.97 Å². The number of hydrogen-bond donors (Lipinski definition) is 1. The van der Waals surface area contributed by atoms with E-state index in [1.807, 2.05) is 4.90 Å². The Morgan fingerprint density at radius 1 is 1.31 bits per heavy atom. The Hall–Kier alpha value is -2.48. The quantitative estimate of drug-likeness (QED) is 0.894. The number of aromatic nitrogens is 2. The number of piperazine rings is 1. The van der Waals surface area contributed by atoms with E-state index in [0.29, 0.717) is 18.7 Å². The predicted molar refractivity (Wildman–Crippen MR) is 95.5 cm³/mol.